The zero-order valence-corrected chi connectivity index (χ0v) is 10.7. The van der Waals surface area contributed by atoms with E-state index in [1.807, 2.05) is 19.2 Å². The number of hydrogen-bond acceptors (Lipinski definition) is 2. The van der Waals surface area contributed by atoms with Crippen molar-refractivity contribution in [1.82, 2.24) is 5.32 Å². The standard InChI is InChI=1S/C14H23NO/c1-11(15-4)9-14(2,3)10-12-6-5-7-13(16)8-12/h5-8,11,15-16H,9-10H2,1-4H3. The highest BCUT2D eigenvalue weighted by molar-refractivity contribution is 5.27. The van der Waals surface area contributed by atoms with Crippen LogP contribution in [0.5, 0.6) is 5.75 Å². The van der Waals surface area contributed by atoms with Gasteiger partial charge < -0.3 is 10.4 Å². The molecule has 0 heterocycles. The van der Waals surface area contributed by atoms with Gasteiger partial charge >= 0.3 is 0 Å². The van der Waals surface area contributed by atoms with Crippen molar-refractivity contribution in [3.8, 4) is 5.75 Å². The average Bonchev–Trinajstić information content (AvgIpc) is 2.15. The van der Waals surface area contributed by atoms with Gasteiger partial charge in [0.05, 0.1) is 0 Å². The third-order valence-electron chi connectivity index (χ3n) is 2.94. The number of hydrogen-bond donors (Lipinski definition) is 2. The van der Waals surface area contributed by atoms with Crippen LogP contribution >= 0.6 is 0 Å². The summed E-state index contributed by atoms with van der Waals surface area (Å²) >= 11 is 0. The zero-order chi connectivity index (χ0) is 12.2. The highest BCUT2D eigenvalue weighted by Gasteiger charge is 2.21. The number of rotatable bonds is 5. The van der Waals surface area contributed by atoms with Crippen molar-refractivity contribution >= 4 is 0 Å². The first kappa shape index (κ1) is 13.0. The first-order valence-corrected chi connectivity index (χ1v) is 5.88. The molecule has 0 bridgehead atoms. The molecular formula is C14H23NO. The minimum absolute atomic E-state index is 0.246. The Labute approximate surface area is 98.7 Å². The van der Waals surface area contributed by atoms with Crippen molar-refractivity contribution < 1.29 is 5.11 Å². The Hall–Kier alpha value is -1.02. The van der Waals surface area contributed by atoms with Gasteiger partial charge in [-0.15, -0.1) is 0 Å². The van der Waals surface area contributed by atoms with E-state index in [4.69, 9.17) is 0 Å². The van der Waals surface area contributed by atoms with Crippen LogP contribution in [-0.2, 0) is 6.42 Å². The van der Waals surface area contributed by atoms with Crippen LogP contribution in [0.4, 0.5) is 0 Å². The first-order chi connectivity index (χ1) is 7.43. The van der Waals surface area contributed by atoms with Crippen LogP contribution in [0.2, 0.25) is 0 Å². The number of nitrogens with one attached hydrogen (secondary N) is 1. The fourth-order valence-corrected chi connectivity index (χ4v) is 2.22. The summed E-state index contributed by atoms with van der Waals surface area (Å²) in [4.78, 5) is 0. The van der Waals surface area contributed by atoms with E-state index < -0.39 is 0 Å². The van der Waals surface area contributed by atoms with E-state index in [-0.39, 0.29) is 5.41 Å². The molecule has 1 aromatic carbocycles. The lowest BCUT2D eigenvalue weighted by molar-refractivity contribution is 0.293. The van der Waals surface area contributed by atoms with E-state index in [0.29, 0.717) is 11.8 Å². The lowest BCUT2D eigenvalue weighted by Gasteiger charge is -2.28. The van der Waals surface area contributed by atoms with Crippen LogP contribution in [-0.4, -0.2) is 18.2 Å². The first-order valence-electron chi connectivity index (χ1n) is 5.88. The maximum absolute atomic E-state index is 9.43. The Balaban J connectivity index is 2.65. The van der Waals surface area contributed by atoms with E-state index in [0.717, 1.165) is 12.8 Å². The molecule has 1 atom stereocenters. The Kier molecular flexibility index (Phi) is 4.36. The van der Waals surface area contributed by atoms with Crippen LogP contribution < -0.4 is 5.32 Å². The number of benzene rings is 1. The van der Waals surface area contributed by atoms with Gasteiger partial charge in [-0.1, -0.05) is 26.0 Å². The van der Waals surface area contributed by atoms with Gasteiger partial charge in [-0.3, -0.25) is 0 Å². The molecule has 16 heavy (non-hydrogen) atoms. The second-order valence-corrected chi connectivity index (χ2v) is 5.40. The molecule has 2 N–H and O–H groups in total. The molecule has 1 unspecified atom stereocenters. The van der Waals surface area contributed by atoms with E-state index in [1.165, 1.54) is 5.56 Å². The smallest absolute Gasteiger partial charge is 0.115 e. The lowest BCUT2D eigenvalue weighted by Crippen LogP contribution is -2.29. The van der Waals surface area contributed by atoms with E-state index >= 15 is 0 Å². The Morgan fingerprint density at radius 3 is 2.62 bits per heavy atom. The number of aromatic hydroxyl groups is 1. The van der Waals surface area contributed by atoms with Gasteiger partial charge in [-0.05, 0) is 49.9 Å². The largest absolute Gasteiger partial charge is 0.508 e. The van der Waals surface area contributed by atoms with Crippen LogP contribution in [0, 0.1) is 5.41 Å². The van der Waals surface area contributed by atoms with Crippen molar-refractivity contribution in [3.05, 3.63) is 29.8 Å². The second kappa shape index (κ2) is 5.35. The maximum atomic E-state index is 9.43. The second-order valence-electron chi connectivity index (χ2n) is 5.40. The normalized spacial score (nSPS) is 13.8. The molecule has 0 saturated heterocycles. The SMILES string of the molecule is CNC(C)CC(C)(C)Cc1cccc(O)c1. The molecule has 0 fully saturated rings. The summed E-state index contributed by atoms with van der Waals surface area (Å²) in [5, 5.41) is 12.7. The van der Waals surface area contributed by atoms with Gasteiger partial charge in [0.1, 0.15) is 5.75 Å². The van der Waals surface area contributed by atoms with Gasteiger partial charge in [-0.25, -0.2) is 0 Å². The van der Waals surface area contributed by atoms with Gasteiger partial charge in [0.25, 0.3) is 0 Å². The molecule has 0 spiro atoms. The number of phenols is 1. The molecule has 0 aromatic heterocycles. The average molecular weight is 221 g/mol. The Morgan fingerprint density at radius 2 is 2.06 bits per heavy atom. The van der Waals surface area contributed by atoms with E-state index in [9.17, 15) is 5.11 Å². The Morgan fingerprint density at radius 1 is 1.38 bits per heavy atom. The molecule has 1 aromatic rings. The molecule has 0 aliphatic heterocycles. The summed E-state index contributed by atoms with van der Waals surface area (Å²) in [5.74, 6) is 0.356. The quantitative estimate of drug-likeness (QED) is 0.801. The molecule has 0 amide bonds. The predicted molar refractivity (Wildman–Crippen MR) is 68.7 cm³/mol. The predicted octanol–water partition coefficient (Wildman–Crippen LogP) is 2.96. The van der Waals surface area contributed by atoms with Gasteiger partial charge in [-0.2, -0.15) is 0 Å². The summed E-state index contributed by atoms with van der Waals surface area (Å²) in [6.07, 6.45) is 2.12. The summed E-state index contributed by atoms with van der Waals surface area (Å²) in [7, 11) is 2.00. The highest BCUT2D eigenvalue weighted by atomic mass is 16.3. The van der Waals surface area contributed by atoms with Gasteiger partial charge in [0, 0.05) is 6.04 Å². The number of phenolic OH excluding ortho intramolecular Hbond substituents is 1. The highest BCUT2D eigenvalue weighted by Crippen LogP contribution is 2.28. The van der Waals surface area contributed by atoms with Gasteiger partial charge in [0.2, 0.25) is 0 Å². The van der Waals surface area contributed by atoms with Crippen molar-refractivity contribution in [2.45, 2.75) is 39.7 Å². The fourth-order valence-electron chi connectivity index (χ4n) is 2.22. The molecule has 0 radical (unpaired) electrons. The van der Waals surface area contributed by atoms with Crippen molar-refractivity contribution in [1.29, 1.82) is 0 Å². The summed E-state index contributed by atoms with van der Waals surface area (Å²) < 4.78 is 0. The summed E-state index contributed by atoms with van der Waals surface area (Å²) in [6, 6.07) is 8.07. The molecule has 1 rings (SSSR count). The molecule has 0 aliphatic rings. The van der Waals surface area contributed by atoms with Crippen LogP contribution in [0.3, 0.4) is 0 Å². The zero-order valence-electron chi connectivity index (χ0n) is 10.7. The topological polar surface area (TPSA) is 32.3 Å². The molecule has 0 saturated carbocycles. The minimum Gasteiger partial charge on any atom is -0.508 e. The third kappa shape index (κ3) is 4.23. The van der Waals surface area contributed by atoms with Crippen LogP contribution in [0.1, 0.15) is 32.8 Å². The molecule has 0 aliphatic carbocycles. The molecular weight excluding hydrogens is 198 g/mol. The summed E-state index contributed by atoms with van der Waals surface area (Å²) in [6.45, 7) is 6.74. The summed E-state index contributed by atoms with van der Waals surface area (Å²) in [5.41, 5.74) is 1.45. The fraction of sp³-hybridized carbons (Fsp3) is 0.571. The minimum atomic E-state index is 0.246. The molecule has 2 heteroatoms. The molecule has 90 valence electrons. The van der Waals surface area contributed by atoms with Crippen molar-refractivity contribution in [2.75, 3.05) is 7.05 Å². The lowest BCUT2D eigenvalue weighted by atomic mass is 9.80. The third-order valence-corrected chi connectivity index (χ3v) is 2.94. The van der Waals surface area contributed by atoms with Gasteiger partial charge in [0.15, 0.2) is 0 Å². The molecule has 2 nitrogen and oxygen atoms in total. The van der Waals surface area contributed by atoms with Crippen molar-refractivity contribution in [3.63, 3.8) is 0 Å². The Bertz CT molecular complexity index is 333. The van der Waals surface area contributed by atoms with Crippen LogP contribution in [0.15, 0.2) is 24.3 Å². The van der Waals surface area contributed by atoms with E-state index in [2.05, 4.69) is 32.2 Å². The van der Waals surface area contributed by atoms with Crippen molar-refractivity contribution in [2.24, 2.45) is 5.41 Å². The maximum Gasteiger partial charge on any atom is 0.115 e. The monoisotopic (exact) mass is 221 g/mol. The van der Waals surface area contributed by atoms with Crippen LogP contribution in [0.25, 0.3) is 0 Å². The van der Waals surface area contributed by atoms with E-state index in [1.54, 1.807) is 6.07 Å².